The molecule has 0 spiro atoms. The van der Waals surface area contributed by atoms with E-state index in [0.29, 0.717) is 18.7 Å². The quantitative estimate of drug-likeness (QED) is 0.676. The summed E-state index contributed by atoms with van der Waals surface area (Å²) >= 11 is 0. The first-order valence-corrected chi connectivity index (χ1v) is 10.0. The van der Waals surface area contributed by atoms with Crippen molar-refractivity contribution >= 4 is 21.7 Å². The van der Waals surface area contributed by atoms with Crippen LogP contribution >= 0.6 is 0 Å². The van der Waals surface area contributed by atoms with Gasteiger partial charge in [-0.05, 0) is 36.2 Å². The van der Waals surface area contributed by atoms with E-state index in [4.69, 9.17) is 9.84 Å². The van der Waals surface area contributed by atoms with Crippen molar-refractivity contribution in [2.75, 3.05) is 18.9 Å². The Morgan fingerprint density at radius 3 is 2.37 bits per heavy atom. The van der Waals surface area contributed by atoms with Crippen LogP contribution < -0.4 is 10.1 Å². The number of nitrogens with one attached hydrogen (secondary N) is 1. The molecule has 0 bridgehead atoms. The number of carbonyl (C=O) groups is 2. The maximum Gasteiger partial charge on any atom is 0.341 e. The first-order chi connectivity index (χ1) is 12.8. The second kappa shape index (κ2) is 9.18. The monoisotopic (exact) mass is 391 g/mol. The predicted molar refractivity (Wildman–Crippen MR) is 99.8 cm³/mol. The second-order valence-electron chi connectivity index (χ2n) is 5.73. The highest BCUT2D eigenvalue weighted by atomic mass is 32.2. The Kier molecular flexibility index (Phi) is 6.95. The van der Waals surface area contributed by atoms with E-state index in [9.17, 15) is 18.0 Å². The molecule has 0 radical (unpaired) electrons. The smallest absolute Gasteiger partial charge is 0.341 e. The Morgan fingerprint density at radius 1 is 1.07 bits per heavy atom. The number of hydrogen-bond acceptors (Lipinski definition) is 5. The van der Waals surface area contributed by atoms with Gasteiger partial charge in [0.15, 0.2) is 16.4 Å². The molecular formula is C19H21NO6S. The number of benzene rings is 2. The second-order valence-corrected chi connectivity index (χ2v) is 7.98. The molecule has 0 unspecified atom stereocenters. The van der Waals surface area contributed by atoms with E-state index in [1.165, 1.54) is 19.1 Å². The van der Waals surface area contributed by atoms with Crippen molar-refractivity contribution < 1.29 is 27.9 Å². The Hall–Kier alpha value is -2.87. The maximum absolute atomic E-state index is 12.4. The average molecular weight is 391 g/mol. The number of ether oxygens (including phenoxy) is 1. The number of rotatable bonds is 9. The van der Waals surface area contributed by atoms with Gasteiger partial charge in [-0.2, -0.15) is 0 Å². The summed E-state index contributed by atoms with van der Waals surface area (Å²) in [5.41, 5.74) is 1.06. The van der Waals surface area contributed by atoms with Gasteiger partial charge in [-0.25, -0.2) is 13.2 Å². The summed E-state index contributed by atoms with van der Waals surface area (Å²) in [7, 11) is -3.48. The van der Waals surface area contributed by atoms with E-state index < -0.39 is 28.3 Å². The van der Waals surface area contributed by atoms with Crippen molar-refractivity contribution in [3.8, 4) is 5.75 Å². The summed E-state index contributed by atoms with van der Waals surface area (Å²) in [5, 5.41) is 11.3. The maximum atomic E-state index is 12.4. The number of carboxylic acid groups (broad SMARTS) is 1. The van der Waals surface area contributed by atoms with E-state index in [2.05, 4.69) is 5.32 Å². The van der Waals surface area contributed by atoms with Crippen molar-refractivity contribution in [3.05, 3.63) is 59.7 Å². The van der Waals surface area contributed by atoms with Gasteiger partial charge < -0.3 is 15.2 Å². The van der Waals surface area contributed by atoms with E-state index in [0.717, 1.165) is 5.56 Å². The summed E-state index contributed by atoms with van der Waals surface area (Å²) in [5.74, 6) is -1.12. The molecule has 0 aliphatic heterocycles. The highest BCUT2D eigenvalue weighted by Gasteiger charge is 2.20. The zero-order chi connectivity index (χ0) is 19.9. The summed E-state index contributed by atoms with van der Waals surface area (Å²) in [4.78, 5) is 22.9. The molecular weight excluding hydrogens is 370 g/mol. The van der Waals surface area contributed by atoms with Gasteiger partial charge in [-0.15, -0.1) is 0 Å². The molecule has 144 valence electrons. The van der Waals surface area contributed by atoms with Crippen molar-refractivity contribution in [2.24, 2.45) is 0 Å². The Balaban J connectivity index is 1.94. The summed E-state index contributed by atoms with van der Waals surface area (Å²) < 4.78 is 29.3. The molecule has 0 saturated heterocycles. The molecule has 0 saturated carbocycles. The number of aliphatic carboxylic acids is 1. The summed E-state index contributed by atoms with van der Waals surface area (Å²) in [6.07, 6.45) is 0.535. The molecule has 0 fully saturated rings. The lowest BCUT2D eigenvalue weighted by Gasteiger charge is -2.10. The van der Waals surface area contributed by atoms with E-state index >= 15 is 0 Å². The molecule has 7 nitrogen and oxygen atoms in total. The van der Waals surface area contributed by atoms with Crippen LogP contribution in [0.25, 0.3) is 0 Å². The minimum atomic E-state index is -3.48. The van der Waals surface area contributed by atoms with Gasteiger partial charge in [-0.1, -0.05) is 31.2 Å². The largest absolute Gasteiger partial charge is 0.482 e. The highest BCUT2D eigenvalue weighted by Crippen LogP contribution is 2.17. The van der Waals surface area contributed by atoms with E-state index in [1.54, 1.807) is 36.4 Å². The molecule has 2 N–H and O–H groups in total. The van der Waals surface area contributed by atoms with Gasteiger partial charge in [0.2, 0.25) is 0 Å². The van der Waals surface area contributed by atoms with Gasteiger partial charge in [0.05, 0.1) is 16.2 Å². The average Bonchev–Trinajstić information content (AvgIpc) is 2.67. The van der Waals surface area contributed by atoms with Crippen LogP contribution in [0.3, 0.4) is 0 Å². The normalized spacial score (nSPS) is 11.0. The van der Waals surface area contributed by atoms with Crippen LogP contribution in [0, 0.1) is 0 Å². The molecule has 27 heavy (non-hydrogen) atoms. The van der Waals surface area contributed by atoms with Gasteiger partial charge in [0.25, 0.3) is 5.91 Å². The fraction of sp³-hybridized carbons (Fsp3) is 0.263. The zero-order valence-electron chi connectivity index (χ0n) is 14.8. The van der Waals surface area contributed by atoms with Crippen LogP contribution in [0.5, 0.6) is 5.75 Å². The third kappa shape index (κ3) is 5.82. The molecule has 0 heterocycles. The number of sulfone groups is 1. The molecule has 2 rings (SSSR count). The molecule has 0 aromatic heterocycles. The summed E-state index contributed by atoms with van der Waals surface area (Å²) in [6, 6.07) is 13.0. The zero-order valence-corrected chi connectivity index (χ0v) is 15.7. The van der Waals surface area contributed by atoms with Crippen LogP contribution in [0.2, 0.25) is 0 Å². The fourth-order valence-corrected chi connectivity index (χ4v) is 3.49. The third-order valence-electron chi connectivity index (χ3n) is 3.83. The molecule has 0 aliphatic carbocycles. The first-order valence-electron chi connectivity index (χ1n) is 8.37. The Bertz CT molecular complexity index is 906. The number of carbonyl (C=O) groups excluding carboxylic acids is 1. The van der Waals surface area contributed by atoms with Gasteiger partial charge >= 0.3 is 5.97 Å². The predicted octanol–water partition coefficient (Wildman–Crippen LogP) is 1.92. The Labute approximate surface area is 157 Å². The van der Waals surface area contributed by atoms with Crippen molar-refractivity contribution in [2.45, 2.75) is 18.2 Å². The highest BCUT2D eigenvalue weighted by molar-refractivity contribution is 7.91. The van der Waals surface area contributed by atoms with Gasteiger partial charge in [-0.3, -0.25) is 4.79 Å². The number of amides is 1. The van der Waals surface area contributed by atoms with E-state index in [1.807, 2.05) is 0 Å². The molecule has 8 heteroatoms. The number of hydrogen-bond donors (Lipinski definition) is 2. The molecule has 0 aliphatic rings. The van der Waals surface area contributed by atoms with Crippen LogP contribution in [-0.2, 0) is 21.1 Å². The first kappa shape index (κ1) is 20.4. The van der Waals surface area contributed by atoms with Gasteiger partial charge in [0.1, 0.15) is 5.75 Å². The fourth-order valence-electron chi connectivity index (χ4n) is 2.39. The van der Waals surface area contributed by atoms with Crippen molar-refractivity contribution in [1.29, 1.82) is 0 Å². The minimum absolute atomic E-state index is 0.0323. The van der Waals surface area contributed by atoms with Crippen LogP contribution in [-0.4, -0.2) is 44.3 Å². The lowest BCUT2D eigenvalue weighted by atomic mass is 10.1. The molecule has 1 amide bonds. The third-order valence-corrected chi connectivity index (χ3v) is 5.62. The summed E-state index contributed by atoms with van der Waals surface area (Å²) in [6.45, 7) is 1.46. The molecule has 0 atom stereocenters. The standard InChI is InChI=1S/C19H21NO6S/c1-2-27(24,25)17-6-4-3-5-16(17)19(23)20-12-11-14-7-9-15(10-8-14)26-13-18(21)22/h3-10H,2,11-13H2,1H3,(H,20,23)(H,21,22). The lowest BCUT2D eigenvalue weighted by Crippen LogP contribution is -2.27. The SMILES string of the molecule is CCS(=O)(=O)c1ccccc1C(=O)NCCc1ccc(OCC(=O)O)cc1. The van der Waals surface area contributed by atoms with Crippen LogP contribution in [0.4, 0.5) is 0 Å². The Morgan fingerprint density at radius 2 is 1.74 bits per heavy atom. The van der Waals surface area contributed by atoms with Crippen molar-refractivity contribution in [1.82, 2.24) is 5.32 Å². The van der Waals surface area contributed by atoms with Crippen LogP contribution in [0.1, 0.15) is 22.8 Å². The van der Waals surface area contributed by atoms with E-state index in [-0.39, 0.29) is 16.2 Å². The number of carboxylic acids is 1. The van der Waals surface area contributed by atoms with Crippen molar-refractivity contribution in [3.63, 3.8) is 0 Å². The lowest BCUT2D eigenvalue weighted by molar-refractivity contribution is -0.139. The van der Waals surface area contributed by atoms with Gasteiger partial charge in [0, 0.05) is 6.54 Å². The minimum Gasteiger partial charge on any atom is -0.482 e. The molecule has 2 aromatic rings. The van der Waals surface area contributed by atoms with Crippen LogP contribution in [0.15, 0.2) is 53.4 Å². The topological polar surface area (TPSA) is 110 Å². The molecule has 2 aromatic carbocycles.